The molecule has 2 aromatic rings. The SMILES string of the molecule is Cc1ccc(NC(=O)CN2CCN(C(=O)CSc3ccc(F)cc3)CC2)cc1. The molecule has 1 N–H and O–H groups in total. The first-order valence-corrected chi connectivity index (χ1v) is 10.2. The van der Waals surface area contributed by atoms with Crippen LogP contribution in [0.1, 0.15) is 5.56 Å². The molecule has 0 spiro atoms. The van der Waals surface area contributed by atoms with Gasteiger partial charge in [0, 0.05) is 36.8 Å². The second-order valence-corrected chi connectivity index (χ2v) is 7.86. The summed E-state index contributed by atoms with van der Waals surface area (Å²) >= 11 is 1.41. The van der Waals surface area contributed by atoms with Gasteiger partial charge in [-0.1, -0.05) is 17.7 Å². The van der Waals surface area contributed by atoms with Crippen LogP contribution >= 0.6 is 11.8 Å². The van der Waals surface area contributed by atoms with E-state index in [1.54, 1.807) is 12.1 Å². The van der Waals surface area contributed by atoms with Crippen molar-refractivity contribution in [2.24, 2.45) is 0 Å². The van der Waals surface area contributed by atoms with Gasteiger partial charge < -0.3 is 10.2 Å². The largest absolute Gasteiger partial charge is 0.339 e. The number of hydrogen-bond acceptors (Lipinski definition) is 4. The van der Waals surface area contributed by atoms with Gasteiger partial charge in [0.25, 0.3) is 0 Å². The first kappa shape index (κ1) is 20.4. The summed E-state index contributed by atoms with van der Waals surface area (Å²) in [5.41, 5.74) is 1.94. The van der Waals surface area contributed by atoms with Gasteiger partial charge in [0.1, 0.15) is 5.82 Å². The topological polar surface area (TPSA) is 52.7 Å². The molecule has 0 aliphatic carbocycles. The van der Waals surface area contributed by atoms with Crippen molar-refractivity contribution in [2.45, 2.75) is 11.8 Å². The molecule has 0 aromatic heterocycles. The number of aryl methyl sites for hydroxylation is 1. The Morgan fingerprint density at radius 3 is 2.29 bits per heavy atom. The number of benzene rings is 2. The van der Waals surface area contributed by atoms with E-state index in [9.17, 15) is 14.0 Å². The van der Waals surface area contributed by atoms with Gasteiger partial charge in [-0.2, -0.15) is 0 Å². The van der Waals surface area contributed by atoms with Gasteiger partial charge in [0.05, 0.1) is 12.3 Å². The number of hydrogen-bond donors (Lipinski definition) is 1. The van der Waals surface area contributed by atoms with E-state index in [4.69, 9.17) is 0 Å². The smallest absolute Gasteiger partial charge is 0.238 e. The number of thioether (sulfide) groups is 1. The van der Waals surface area contributed by atoms with Gasteiger partial charge in [-0.3, -0.25) is 14.5 Å². The quantitative estimate of drug-likeness (QED) is 0.756. The molecule has 0 bridgehead atoms. The second kappa shape index (κ2) is 9.71. The molecule has 1 heterocycles. The number of amides is 2. The Kier molecular flexibility index (Phi) is 7.06. The van der Waals surface area contributed by atoms with Crippen LogP contribution in [-0.2, 0) is 9.59 Å². The average molecular weight is 402 g/mol. The first-order valence-electron chi connectivity index (χ1n) is 9.24. The van der Waals surface area contributed by atoms with E-state index in [-0.39, 0.29) is 17.6 Å². The Labute approximate surface area is 168 Å². The second-order valence-electron chi connectivity index (χ2n) is 6.81. The van der Waals surface area contributed by atoms with Crippen molar-refractivity contribution >= 4 is 29.3 Å². The Hall–Kier alpha value is -2.38. The number of piperazine rings is 1. The molecule has 0 saturated carbocycles. The maximum atomic E-state index is 12.9. The third-order valence-corrected chi connectivity index (χ3v) is 5.60. The molecular formula is C21H24FN3O2S. The van der Waals surface area contributed by atoms with Crippen molar-refractivity contribution in [3.63, 3.8) is 0 Å². The average Bonchev–Trinajstić information content (AvgIpc) is 2.69. The maximum absolute atomic E-state index is 12.9. The van der Waals surface area contributed by atoms with Gasteiger partial charge >= 0.3 is 0 Å². The lowest BCUT2D eigenvalue weighted by Gasteiger charge is -2.34. The molecule has 0 atom stereocenters. The predicted molar refractivity (Wildman–Crippen MR) is 110 cm³/mol. The minimum Gasteiger partial charge on any atom is -0.339 e. The van der Waals surface area contributed by atoms with Crippen molar-refractivity contribution < 1.29 is 14.0 Å². The molecule has 2 aromatic carbocycles. The molecule has 1 saturated heterocycles. The van der Waals surface area contributed by atoms with Crippen molar-refractivity contribution in [1.29, 1.82) is 0 Å². The Morgan fingerprint density at radius 2 is 1.64 bits per heavy atom. The molecule has 2 amide bonds. The lowest BCUT2D eigenvalue weighted by Crippen LogP contribution is -2.50. The number of anilines is 1. The highest BCUT2D eigenvalue weighted by molar-refractivity contribution is 8.00. The molecule has 3 rings (SSSR count). The van der Waals surface area contributed by atoms with E-state index in [1.807, 2.05) is 36.1 Å². The number of nitrogens with zero attached hydrogens (tertiary/aromatic N) is 2. The summed E-state index contributed by atoms with van der Waals surface area (Å²) in [4.78, 5) is 29.3. The fourth-order valence-corrected chi connectivity index (χ4v) is 3.76. The van der Waals surface area contributed by atoms with Gasteiger partial charge in [-0.15, -0.1) is 11.8 Å². The molecule has 5 nitrogen and oxygen atoms in total. The maximum Gasteiger partial charge on any atom is 0.238 e. The van der Waals surface area contributed by atoms with E-state index in [0.717, 1.165) is 16.1 Å². The zero-order valence-electron chi connectivity index (χ0n) is 15.9. The summed E-state index contributed by atoms with van der Waals surface area (Å²) in [5, 5.41) is 2.90. The van der Waals surface area contributed by atoms with Crippen molar-refractivity contribution in [3.05, 3.63) is 59.9 Å². The zero-order valence-corrected chi connectivity index (χ0v) is 16.7. The van der Waals surface area contributed by atoms with Crippen LogP contribution in [0.25, 0.3) is 0 Å². The standard InChI is InChI=1S/C21H24FN3O2S/c1-16-2-6-18(7-3-16)23-20(26)14-24-10-12-25(13-11-24)21(27)15-28-19-8-4-17(22)5-9-19/h2-9H,10-15H2,1H3,(H,23,26). The molecule has 1 fully saturated rings. The van der Waals surface area contributed by atoms with Gasteiger partial charge in [-0.25, -0.2) is 4.39 Å². The molecule has 1 aliphatic rings. The first-order chi connectivity index (χ1) is 13.5. The van der Waals surface area contributed by atoms with Crippen LogP contribution in [0, 0.1) is 12.7 Å². The number of nitrogens with one attached hydrogen (secondary N) is 1. The molecule has 148 valence electrons. The van der Waals surface area contributed by atoms with Gasteiger partial charge in [-0.05, 0) is 43.3 Å². The summed E-state index contributed by atoms with van der Waals surface area (Å²) in [7, 11) is 0. The summed E-state index contributed by atoms with van der Waals surface area (Å²) < 4.78 is 12.9. The fourth-order valence-electron chi connectivity index (χ4n) is 2.96. The van der Waals surface area contributed by atoms with Crippen LogP contribution in [-0.4, -0.2) is 60.1 Å². The normalized spacial score (nSPS) is 14.7. The summed E-state index contributed by atoms with van der Waals surface area (Å²) in [5.74, 6) is 0.0753. The summed E-state index contributed by atoms with van der Waals surface area (Å²) in [6.07, 6.45) is 0. The van der Waals surface area contributed by atoms with E-state index in [1.165, 1.54) is 23.9 Å². The van der Waals surface area contributed by atoms with E-state index in [0.29, 0.717) is 38.5 Å². The third-order valence-electron chi connectivity index (χ3n) is 4.60. The Balaban J connectivity index is 1.38. The number of carbonyl (C=O) groups is 2. The van der Waals surface area contributed by atoms with Crippen LogP contribution in [0.4, 0.5) is 10.1 Å². The Morgan fingerprint density at radius 1 is 1.00 bits per heavy atom. The van der Waals surface area contributed by atoms with Gasteiger partial charge in [0.2, 0.25) is 11.8 Å². The number of rotatable bonds is 6. The highest BCUT2D eigenvalue weighted by Crippen LogP contribution is 2.19. The molecular weight excluding hydrogens is 377 g/mol. The molecule has 1 aliphatic heterocycles. The molecule has 7 heteroatoms. The van der Waals surface area contributed by atoms with Crippen LogP contribution in [0.5, 0.6) is 0 Å². The molecule has 0 unspecified atom stereocenters. The monoisotopic (exact) mass is 401 g/mol. The van der Waals surface area contributed by atoms with Crippen LogP contribution < -0.4 is 5.32 Å². The van der Waals surface area contributed by atoms with Crippen LogP contribution in [0.3, 0.4) is 0 Å². The summed E-state index contributed by atoms with van der Waals surface area (Å²) in [6.45, 7) is 4.90. The van der Waals surface area contributed by atoms with Gasteiger partial charge in [0.15, 0.2) is 0 Å². The minimum absolute atomic E-state index is 0.0458. The minimum atomic E-state index is -0.279. The lowest BCUT2D eigenvalue weighted by atomic mass is 10.2. The van der Waals surface area contributed by atoms with Crippen molar-refractivity contribution in [2.75, 3.05) is 43.8 Å². The lowest BCUT2D eigenvalue weighted by molar-refractivity contribution is -0.130. The highest BCUT2D eigenvalue weighted by Gasteiger charge is 2.22. The number of halogens is 1. The fraction of sp³-hybridized carbons (Fsp3) is 0.333. The van der Waals surface area contributed by atoms with Crippen molar-refractivity contribution in [1.82, 2.24) is 9.80 Å². The molecule has 28 heavy (non-hydrogen) atoms. The number of carbonyl (C=O) groups excluding carboxylic acids is 2. The van der Waals surface area contributed by atoms with Crippen molar-refractivity contribution in [3.8, 4) is 0 Å². The Bertz CT molecular complexity index is 803. The zero-order chi connectivity index (χ0) is 19.9. The van der Waals surface area contributed by atoms with E-state index >= 15 is 0 Å². The molecule has 0 radical (unpaired) electrons. The highest BCUT2D eigenvalue weighted by atomic mass is 32.2. The predicted octanol–water partition coefficient (Wildman–Crippen LogP) is 3.01. The summed E-state index contributed by atoms with van der Waals surface area (Å²) in [6, 6.07) is 13.9. The van der Waals surface area contributed by atoms with E-state index in [2.05, 4.69) is 10.2 Å². The van der Waals surface area contributed by atoms with Crippen LogP contribution in [0.2, 0.25) is 0 Å². The third kappa shape index (κ3) is 6.07. The van der Waals surface area contributed by atoms with E-state index < -0.39 is 0 Å². The van der Waals surface area contributed by atoms with Crippen LogP contribution in [0.15, 0.2) is 53.4 Å².